The van der Waals surface area contributed by atoms with E-state index in [9.17, 15) is 4.39 Å². The number of nitrogens with zero attached hydrogens (tertiary/aromatic N) is 2. The zero-order valence-electron chi connectivity index (χ0n) is 14.5. The van der Waals surface area contributed by atoms with Gasteiger partial charge in [0.15, 0.2) is 5.96 Å². The van der Waals surface area contributed by atoms with E-state index in [4.69, 9.17) is 0 Å². The quantitative estimate of drug-likeness (QED) is 0.625. The van der Waals surface area contributed by atoms with E-state index in [1.807, 2.05) is 6.07 Å². The Morgan fingerprint density at radius 1 is 1.30 bits per heavy atom. The van der Waals surface area contributed by atoms with Gasteiger partial charge in [0.2, 0.25) is 0 Å². The lowest BCUT2D eigenvalue weighted by molar-refractivity contribution is 0.249. The number of aryl methyl sites for hydroxylation is 1. The van der Waals surface area contributed by atoms with E-state index < -0.39 is 0 Å². The van der Waals surface area contributed by atoms with Crippen molar-refractivity contribution in [2.45, 2.75) is 45.2 Å². The number of likely N-dealkylation sites (N-methyl/N-ethyl adjacent to an activating group) is 1. The molecule has 1 aromatic rings. The van der Waals surface area contributed by atoms with Crippen molar-refractivity contribution in [2.24, 2.45) is 4.99 Å². The molecule has 128 valence electrons. The van der Waals surface area contributed by atoms with Crippen molar-refractivity contribution in [3.8, 4) is 0 Å². The lowest BCUT2D eigenvalue weighted by atomic mass is 10.1. The Morgan fingerprint density at radius 3 is 2.70 bits per heavy atom. The Hall–Kier alpha value is -1.62. The molecular weight excluding hydrogens is 291 g/mol. The molecule has 0 unspecified atom stereocenters. The second-order valence-corrected chi connectivity index (χ2v) is 6.35. The van der Waals surface area contributed by atoms with Gasteiger partial charge in [0.05, 0.1) is 0 Å². The summed E-state index contributed by atoms with van der Waals surface area (Å²) in [5, 5.41) is 6.62. The number of guanidine groups is 1. The molecule has 0 aromatic heterocycles. The Morgan fingerprint density at radius 2 is 2.04 bits per heavy atom. The molecule has 1 aliphatic rings. The molecule has 2 N–H and O–H groups in total. The SMILES string of the molecule is CN=C(NCCN(C)C1CCCC1)NCc1ccc(F)c(C)c1. The number of benzene rings is 1. The number of rotatable bonds is 6. The molecule has 0 saturated heterocycles. The van der Waals surface area contributed by atoms with Crippen LogP contribution in [0.3, 0.4) is 0 Å². The van der Waals surface area contributed by atoms with Crippen molar-refractivity contribution in [3.63, 3.8) is 0 Å². The van der Waals surface area contributed by atoms with Crippen LogP contribution in [0.2, 0.25) is 0 Å². The third kappa shape index (κ3) is 5.50. The maximum Gasteiger partial charge on any atom is 0.191 e. The second-order valence-electron chi connectivity index (χ2n) is 6.35. The molecule has 1 saturated carbocycles. The fraction of sp³-hybridized carbons (Fsp3) is 0.611. The summed E-state index contributed by atoms with van der Waals surface area (Å²) in [5.74, 6) is 0.623. The van der Waals surface area contributed by atoms with Crippen LogP contribution in [-0.4, -0.2) is 44.1 Å². The number of halogens is 1. The molecular formula is C18H29FN4. The molecule has 0 aliphatic heterocycles. The lowest BCUT2D eigenvalue weighted by Crippen LogP contribution is -2.42. The first kappa shape index (κ1) is 17.7. The molecule has 5 heteroatoms. The summed E-state index contributed by atoms with van der Waals surface area (Å²) < 4.78 is 13.3. The van der Waals surface area contributed by atoms with Crippen LogP contribution in [0.4, 0.5) is 4.39 Å². The van der Waals surface area contributed by atoms with Crippen LogP contribution in [-0.2, 0) is 6.54 Å². The van der Waals surface area contributed by atoms with E-state index in [1.165, 1.54) is 31.7 Å². The van der Waals surface area contributed by atoms with Gasteiger partial charge >= 0.3 is 0 Å². The van der Waals surface area contributed by atoms with Crippen LogP contribution in [0.5, 0.6) is 0 Å². The molecule has 4 nitrogen and oxygen atoms in total. The zero-order valence-corrected chi connectivity index (χ0v) is 14.5. The highest BCUT2D eigenvalue weighted by Crippen LogP contribution is 2.21. The third-order valence-electron chi connectivity index (χ3n) is 4.61. The van der Waals surface area contributed by atoms with Gasteiger partial charge in [0, 0.05) is 32.7 Å². The fourth-order valence-electron chi connectivity index (χ4n) is 3.10. The summed E-state index contributed by atoms with van der Waals surface area (Å²) in [6.07, 6.45) is 5.38. The van der Waals surface area contributed by atoms with E-state index in [2.05, 4.69) is 27.6 Å². The Labute approximate surface area is 139 Å². The molecule has 1 aromatic carbocycles. The first-order chi connectivity index (χ1) is 11.1. The van der Waals surface area contributed by atoms with Crippen molar-refractivity contribution in [3.05, 3.63) is 35.1 Å². The van der Waals surface area contributed by atoms with E-state index in [-0.39, 0.29) is 5.82 Å². The highest BCUT2D eigenvalue weighted by atomic mass is 19.1. The Balaban J connectivity index is 1.71. The van der Waals surface area contributed by atoms with Crippen molar-refractivity contribution in [2.75, 3.05) is 27.2 Å². The van der Waals surface area contributed by atoms with Gasteiger partial charge in [-0.3, -0.25) is 4.99 Å². The molecule has 1 aliphatic carbocycles. The van der Waals surface area contributed by atoms with Gasteiger partial charge in [0.25, 0.3) is 0 Å². The van der Waals surface area contributed by atoms with E-state index in [0.29, 0.717) is 12.1 Å². The third-order valence-corrected chi connectivity index (χ3v) is 4.61. The van der Waals surface area contributed by atoms with Crippen molar-refractivity contribution in [1.29, 1.82) is 0 Å². The predicted molar refractivity (Wildman–Crippen MR) is 94.2 cm³/mol. The normalized spacial score (nSPS) is 16.1. The summed E-state index contributed by atoms with van der Waals surface area (Å²) in [6.45, 7) is 4.31. The Kier molecular flexibility index (Phi) is 6.84. The van der Waals surface area contributed by atoms with Gasteiger partial charge in [-0.2, -0.15) is 0 Å². The lowest BCUT2D eigenvalue weighted by Gasteiger charge is -2.24. The van der Waals surface area contributed by atoms with Crippen LogP contribution in [0.25, 0.3) is 0 Å². The van der Waals surface area contributed by atoms with Crippen molar-refractivity contribution >= 4 is 5.96 Å². The molecule has 0 spiro atoms. The van der Waals surface area contributed by atoms with E-state index in [0.717, 1.165) is 30.7 Å². The molecule has 0 heterocycles. The average molecular weight is 320 g/mol. The van der Waals surface area contributed by atoms with E-state index in [1.54, 1.807) is 20.0 Å². The van der Waals surface area contributed by atoms with Crippen molar-refractivity contribution < 1.29 is 4.39 Å². The summed E-state index contributed by atoms with van der Waals surface area (Å²) in [7, 11) is 3.97. The number of aliphatic imine (C=N–C) groups is 1. The van der Waals surface area contributed by atoms with Gasteiger partial charge in [-0.15, -0.1) is 0 Å². The van der Waals surface area contributed by atoms with Gasteiger partial charge in [-0.05, 0) is 44.0 Å². The standard InChI is InChI=1S/C18H29FN4/c1-14-12-15(8-9-17(14)19)13-22-18(20-2)21-10-11-23(3)16-6-4-5-7-16/h8-9,12,16H,4-7,10-11,13H2,1-3H3,(H2,20,21,22). The van der Waals surface area contributed by atoms with Gasteiger partial charge in [-0.25, -0.2) is 4.39 Å². The van der Waals surface area contributed by atoms with Crippen LogP contribution in [0, 0.1) is 12.7 Å². The fourth-order valence-corrected chi connectivity index (χ4v) is 3.10. The molecule has 1 fully saturated rings. The summed E-state index contributed by atoms with van der Waals surface area (Å²) in [6, 6.07) is 5.92. The van der Waals surface area contributed by atoms with Crippen molar-refractivity contribution in [1.82, 2.24) is 15.5 Å². The highest BCUT2D eigenvalue weighted by Gasteiger charge is 2.18. The second kappa shape index (κ2) is 8.87. The predicted octanol–water partition coefficient (Wildman–Crippen LogP) is 2.67. The minimum absolute atomic E-state index is 0.161. The zero-order chi connectivity index (χ0) is 16.7. The van der Waals surface area contributed by atoms with Crippen LogP contribution in [0.15, 0.2) is 23.2 Å². The number of nitrogens with one attached hydrogen (secondary N) is 2. The summed E-state index contributed by atoms with van der Waals surface area (Å²) in [4.78, 5) is 6.68. The maximum atomic E-state index is 13.3. The highest BCUT2D eigenvalue weighted by molar-refractivity contribution is 5.79. The first-order valence-electron chi connectivity index (χ1n) is 8.50. The minimum atomic E-state index is -0.161. The van der Waals surface area contributed by atoms with Gasteiger partial charge < -0.3 is 15.5 Å². The smallest absolute Gasteiger partial charge is 0.191 e. The molecule has 0 radical (unpaired) electrons. The molecule has 2 rings (SSSR count). The monoisotopic (exact) mass is 320 g/mol. The van der Waals surface area contributed by atoms with E-state index >= 15 is 0 Å². The average Bonchev–Trinajstić information content (AvgIpc) is 3.08. The molecule has 0 atom stereocenters. The summed E-state index contributed by atoms with van der Waals surface area (Å²) in [5.41, 5.74) is 1.72. The maximum absolute atomic E-state index is 13.3. The van der Waals surface area contributed by atoms with Gasteiger partial charge in [-0.1, -0.05) is 25.0 Å². The van der Waals surface area contributed by atoms with Crippen LogP contribution >= 0.6 is 0 Å². The Bertz CT molecular complexity index is 524. The first-order valence-corrected chi connectivity index (χ1v) is 8.50. The van der Waals surface area contributed by atoms with Gasteiger partial charge in [0.1, 0.15) is 5.82 Å². The van der Waals surface area contributed by atoms with Crippen LogP contribution < -0.4 is 10.6 Å². The minimum Gasteiger partial charge on any atom is -0.355 e. The van der Waals surface area contributed by atoms with Crippen LogP contribution in [0.1, 0.15) is 36.8 Å². The molecule has 23 heavy (non-hydrogen) atoms. The number of hydrogen-bond acceptors (Lipinski definition) is 2. The topological polar surface area (TPSA) is 39.7 Å². The molecule has 0 amide bonds. The molecule has 0 bridgehead atoms. The largest absolute Gasteiger partial charge is 0.355 e. The summed E-state index contributed by atoms with van der Waals surface area (Å²) >= 11 is 0. The number of hydrogen-bond donors (Lipinski definition) is 2.